The van der Waals surface area contributed by atoms with Gasteiger partial charge >= 0.3 is 6.03 Å². The van der Waals surface area contributed by atoms with E-state index in [-0.39, 0.29) is 11.6 Å². The lowest BCUT2D eigenvalue weighted by Gasteiger charge is -2.10. The smallest absolute Gasteiger partial charge is 0.319 e. The normalized spacial score (nSPS) is 9.95. The molecule has 1 aromatic rings. The fourth-order valence-corrected chi connectivity index (χ4v) is 1.48. The molecule has 3 N–H and O–H groups in total. The fraction of sp³-hybridized carbons (Fsp3) is 0.385. The number of amides is 3. The van der Waals surface area contributed by atoms with Crippen LogP contribution in [0.5, 0.6) is 0 Å². The van der Waals surface area contributed by atoms with Gasteiger partial charge in [0.2, 0.25) is 5.91 Å². The standard InChI is InChI=1S/C13H18FN3O3/c1-9(18)16-12-8-10(4-5-11(12)14)17-13(19)15-6-3-7-20-2/h4-5,8H,3,6-7H2,1-2H3,(H,16,18)(H2,15,17,19). The monoisotopic (exact) mass is 283 g/mol. The highest BCUT2D eigenvalue weighted by Gasteiger charge is 2.07. The number of benzene rings is 1. The van der Waals surface area contributed by atoms with Gasteiger partial charge in [-0.3, -0.25) is 4.79 Å². The Hall–Kier alpha value is -2.15. The van der Waals surface area contributed by atoms with Crippen molar-refractivity contribution in [1.29, 1.82) is 0 Å². The molecule has 6 nitrogen and oxygen atoms in total. The van der Waals surface area contributed by atoms with Crippen LogP contribution in [-0.2, 0) is 9.53 Å². The minimum atomic E-state index is -0.564. The molecule has 7 heteroatoms. The van der Waals surface area contributed by atoms with Crippen molar-refractivity contribution in [2.75, 3.05) is 30.9 Å². The van der Waals surface area contributed by atoms with E-state index in [1.54, 1.807) is 7.11 Å². The third-order valence-corrected chi connectivity index (χ3v) is 2.35. The molecular weight excluding hydrogens is 265 g/mol. The van der Waals surface area contributed by atoms with E-state index in [1.807, 2.05) is 0 Å². The summed E-state index contributed by atoms with van der Waals surface area (Å²) in [7, 11) is 1.59. The molecule has 0 heterocycles. The van der Waals surface area contributed by atoms with Crippen LogP contribution in [0, 0.1) is 5.82 Å². The second-order valence-corrected chi connectivity index (χ2v) is 4.10. The molecule has 0 aromatic heterocycles. The summed E-state index contributed by atoms with van der Waals surface area (Å²) in [5, 5.41) is 7.52. The number of ether oxygens (including phenoxy) is 1. The van der Waals surface area contributed by atoms with Gasteiger partial charge in [-0.05, 0) is 24.6 Å². The number of rotatable bonds is 6. The minimum absolute atomic E-state index is 0.0229. The second-order valence-electron chi connectivity index (χ2n) is 4.10. The molecular formula is C13H18FN3O3. The molecule has 0 atom stereocenters. The first kappa shape index (κ1) is 15.9. The predicted molar refractivity (Wildman–Crippen MR) is 74.2 cm³/mol. The van der Waals surface area contributed by atoms with Crippen LogP contribution in [0.25, 0.3) is 0 Å². The Morgan fingerprint density at radius 1 is 1.30 bits per heavy atom. The molecule has 0 unspecified atom stereocenters. The summed E-state index contributed by atoms with van der Waals surface area (Å²) in [6, 6.07) is 3.54. The van der Waals surface area contributed by atoms with E-state index < -0.39 is 11.8 Å². The summed E-state index contributed by atoms with van der Waals surface area (Å²) in [6.07, 6.45) is 0.699. The van der Waals surface area contributed by atoms with Crippen LogP contribution in [0.2, 0.25) is 0 Å². The van der Waals surface area contributed by atoms with Gasteiger partial charge in [-0.15, -0.1) is 0 Å². The highest BCUT2D eigenvalue weighted by atomic mass is 19.1. The van der Waals surface area contributed by atoms with Gasteiger partial charge in [-0.2, -0.15) is 0 Å². The number of halogens is 1. The summed E-state index contributed by atoms with van der Waals surface area (Å²) >= 11 is 0. The van der Waals surface area contributed by atoms with Crippen LogP contribution in [0.15, 0.2) is 18.2 Å². The summed E-state index contributed by atoms with van der Waals surface area (Å²) in [5.41, 5.74) is 0.411. The average Bonchev–Trinajstić information content (AvgIpc) is 2.38. The van der Waals surface area contributed by atoms with Crippen molar-refractivity contribution in [3.63, 3.8) is 0 Å². The summed E-state index contributed by atoms with van der Waals surface area (Å²) < 4.78 is 18.3. The number of hydrogen-bond acceptors (Lipinski definition) is 3. The predicted octanol–water partition coefficient (Wildman–Crippen LogP) is 1.94. The van der Waals surface area contributed by atoms with Gasteiger partial charge in [0.25, 0.3) is 0 Å². The molecule has 0 saturated carbocycles. The van der Waals surface area contributed by atoms with Gasteiger partial charge in [-0.25, -0.2) is 9.18 Å². The number of anilines is 2. The molecule has 0 aliphatic carbocycles. The van der Waals surface area contributed by atoms with E-state index >= 15 is 0 Å². The van der Waals surface area contributed by atoms with Crippen LogP contribution in [0.1, 0.15) is 13.3 Å². The van der Waals surface area contributed by atoms with Crippen LogP contribution >= 0.6 is 0 Å². The van der Waals surface area contributed by atoms with Crippen LogP contribution < -0.4 is 16.0 Å². The molecule has 0 saturated heterocycles. The van der Waals surface area contributed by atoms with E-state index in [0.29, 0.717) is 25.3 Å². The van der Waals surface area contributed by atoms with Crippen molar-refractivity contribution in [3.05, 3.63) is 24.0 Å². The lowest BCUT2D eigenvalue weighted by atomic mass is 10.2. The fourth-order valence-electron chi connectivity index (χ4n) is 1.48. The molecule has 1 rings (SSSR count). The van der Waals surface area contributed by atoms with Crippen molar-refractivity contribution in [3.8, 4) is 0 Å². The first-order valence-corrected chi connectivity index (χ1v) is 6.14. The zero-order valence-electron chi connectivity index (χ0n) is 11.5. The molecule has 0 aliphatic rings. The van der Waals surface area contributed by atoms with Crippen LogP contribution in [0.3, 0.4) is 0 Å². The van der Waals surface area contributed by atoms with Crippen molar-refractivity contribution >= 4 is 23.3 Å². The summed E-state index contributed by atoms with van der Waals surface area (Å²) in [4.78, 5) is 22.5. The number of carbonyl (C=O) groups is 2. The van der Waals surface area contributed by atoms with E-state index in [2.05, 4.69) is 16.0 Å². The van der Waals surface area contributed by atoms with Crippen molar-refractivity contribution < 1.29 is 18.7 Å². The maximum absolute atomic E-state index is 13.4. The molecule has 0 bridgehead atoms. The molecule has 1 aromatic carbocycles. The molecule has 0 spiro atoms. The van der Waals surface area contributed by atoms with E-state index in [0.717, 1.165) is 0 Å². The third kappa shape index (κ3) is 5.66. The summed E-state index contributed by atoms with van der Waals surface area (Å²) in [6.45, 7) is 2.31. The Morgan fingerprint density at radius 2 is 2.05 bits per heavy atom. The molecule has 0 radical (unpaired) electrons. The minimum Gasteiger partial charge on any atom is -0.385 e. The summed E-state index contributed by atoms with van der Waals surface area (Å²) in [5.74, 6) is -0.948. The Kier molecular flexibility index (Phi) is 6.45. The Bertz CT molecular complexity index is 480. The number of urea groups is 1. The number of nitrogens with one attached hydrogen (secondary N) is 3. The molecule has 3 amide bonds. The van der Waals surface area contributed by atoms with Crippen LogP contribution in [0.4, 0.5) is 20.6 Å². The first-order valence-electron chi connectivity index (χ1n) is 6.14. The van der Waals surface area contributed by atoms with E-state index in [9.17, 15) is 14.0 Å². The van der Waals surface area contributed by atoms with Crippen molar-refractivity contribution in [1.82, 2.24) is 5.32 Å². The molecule has 20 heavy (non-hydrogen) atoms. The van der Waals surface area contributed by atoms with Gasteiger partial charge < -0.3 is 20.7 Å². The lowest BCUT2D eigenvalue weighted by molar-refractivity contribution is -0.114. The average molecular weight is 283 g/mol. The number of hydrogen-bond donors (Lipinski definition) is 3. The maximum Gasteiger partial charge on any atom is 0.319 e. The first-order chi connectivity index (χ1) is 9.52. The van der Waals surface area contributed by atoms with Crippen LogP contribution in [-0.4, -0.2) is 32.2 Å². The lowest BCUT2D eigenvalue weighted by Crippen LogP contribution is -2.30. The van der Waals surface area contributed by atoms with Crippen molar-refractivity contribution in [2.24, 2.45) is 0 Å². The SMILES string of the molecule is COCCCNC(=O)Nc1ccc(F)c(NC(C)=O)c1. The molecule has 110 valence electrons. The molecule has 0 aliphatic heterocycles. The zero-order chi connectivity index (χ0) is 15.0. The maximum atomic E-state index is 13.4. The molecule has 0 fully saturated rings. The number of carbonyl (C=O) groups excluding carboxylic acids is 2. The van der Waals surface area contributed by atoms with Crippen molar-refractivity contribution in [2.45, 2.75) is 13.3 Å². The van der Waals surface area contributed by atoms with Gasteiger partial charge in [-0.1, -0.05) is 0 Å². The van der Waals surface area contributed by atoms with Gasteiger partial charge in [0.15, 0.2) is 0 Å². The van der Waals surface area contributed by atoms with Gasteiger partial charge in [0, 0.05) is 32.9 Å². The second kappa shape index (κ2) is 8.11. The Balaban J connectivity index is 2.54. The quantitative estimate of drug-likeness (QED) is 0.698. The topological polar surface area (TPSA) is 79.5 Å². The largest absolute Gasteiger partial charge is 0.385 e. The van der Waals surface area contributed by atoms with E-state index in [1.165, 1.54) is 25.1 Å². The van der Waals surface area contributed by atoms with E-state index in [4.69, 9.17) is 4.74 Å². The number of methoxy groups -OCH3 is 1. The third-order valence-electron chi connectivity index (χ3n) is 2.35. The highest BCUT2D eigenvalue weighted by Crippen LogP contribution is 2.19. The highest BCUT2D eigenvalue weighted by molar-refractivity contribution is 5.92. The Labute approximate surface area is 116 Å². The van der Waals surface area contributed by atoms with Gasteiger partial charge in [0.05, 0.1) is 5.69 Å². The zero-order valence-corrected chi connectivity index (χ0v) is 11.5. The Morgan fingerprint density at radius 3 is 2.70 bits per heavy atom. The van der Waals surface area contributed by atoms with Gasteiger partial charge in [0.1, 0.15) is 5.82 Å².